The van der Waals surface area contributed by atoms with E-state index in [2.05, 4.69) is 17.3 Å². The summed E-state index contributed by atoms with van der Waals surface area (Å²) in [6, 6.07) is 0. The third kappa shape index (κ3) is 2.71. The summed E-state index contributed by atoms with van der Waals surface area (Å²) in [4.78, 5) is 2.71. The number of nitrogens with zero attached hydrogens (tertiary/aromatic N) is 1. The third-order valence-electron chi connectivity index (χ3n) is 3.77. The van der Waals surface area contributed by atoms with Gasteiger partial charge in [-0.1, -0.05) is 12.8 Å². The second kappa shape index (κ2) is 4.63. The maximum atomic E-state index is 3.35. The molecule has 14 heavy (non-hydrogen) atoms. The van der Waals surface area contributed by atoms with Crippen LogP contribution in [-0.4, -0.2) is 38.1 Å². The summed E-state index contributed by atoms with van der Waals surface area (Å²) >= 11 is 0. The predicted octanol–water partition coefficient (Wildman–Crippen LogP) is 1.86. The smallest absolute Gasteiger partial charge is 0.00501 e. The van der Waals surface area contributed by atoms with E-state index in [1.165, 1.54) is 64.7 Å². The van der Waals surface area contributed by atoms with Gasteiger partial charge in [-0.3, -0.25) is 0 Å². The van der Waals surface area contributed by atoms with Crippen LogP contribution in [-0.2, 0) is 0 Å². The van der Waals surface area contributed by atoms with Crippen LogP contribution in [0, 0.1) is 5.41 Å². The average molecular weight is 196 g/mol. The van der Waals surface area contributed by atoms with Crippen LogP contribution < -0.4 is 5.32 Å². The van der Waals surface area contributed by atoms with Crippen molar-refractivity contribution in [2.24, 2.45) is 5.41 Å². The highest BCUT2D eigenvalue weighted by Crippen LogP contribution is 2.45. The molecule has 2 nitrogen and oxygen atoms in total. The fraction of sp³-hybridized carbons (Fsp3) is 1.00. The Morgan fingerprint density at radius 2 is 1.71 bits per heavy atom. The fourth-order valence-corrected chi connectivity index (χ4v) is 2.71. The molecule has 0 aromatic rings. The Labute approximate surface area is 88.1 Å². The van der Waals surface area contributed by atoms with E-state index in [1.807, 2.05) is 0 Å². The fourth-order valence-electron chi connectivity index (χ4n) is 2.71. The summed E-state index contributed by atoms with van der Waals surface area (Å²) in [6.07, 6.45) is 8.66. The van der Waals surface area contributed by atoms with E-state index in [4.69, 9.17) is 0 Å². The van der Waals surface area contributed by atoms with Crippen molar-refractivity contribution in [1.29, 1.82) is 0 Å². The lowest BCUT2D eigenvalue weighted by atomic mass is 10.1. The Morgan fingerprint density at radius 1 is 1.07 bits per heavy atom. The Bertz CT molecular complexity index is 167. The van der Waals surface area contributed by atoms with Crippen LogP contribution in [0.5, 0.6) is 0 Å². The zero-order valence-electron chi connectivity index (χ0n) is 9.52. The Balaban J connectivity index is 1.77. The van der Waals surface area contributed by atoms with Gasteiger partial charge < -0.3 is 10.2 Å². The maximum absolute atomic E-state index is 3.35. The molecule has 1 N–H and O–H groups in total. The van der Waals surface area contributed by atoms with Gasteiger partial charge in [0.1, 0.15) is 0 Å². The minimum absolute atomic E-state index is 0.666. The standard InChI is InChI=1S/C12H24N2/c1-13-10-12(6-7-12)11-14-8-4-2-3-5-9-14/h13H,2-11H2,1H3. The molecule has 2 fully saturated rings. The van der Waals surface area contributed by atoms with Crippen LogP contribution >= 0.6 is 0 Å². The van der Waals surface area contributed by atoms with E-state index in [0.29, 0.717) is 5.41 Å². The van der Waals surface area contributed by atoms with E-state index in [0.717, 1.165) is 0 Å². The van der Waals surface area contributed by atoms with E-state index < -0.39 is 0 Å². The second-order valence-electron chi connectivity index (χ2n) is 5.22. The molecule has 0 bridgehead atoms. The van der Waals surface area contributed by atoms with Gasteiger partial charge in [-0.05, 0) is 51.2 Å². The first-order valence-electron chi connectivity index (χ1n) is 6.22. The van der Waals surface area contributed by atoms with Crippen LogP contribution in [0.2, 0.25) is 0 Å². The van der Waals surface area contributed by atoms with Crippen molar-refractivity contribution in [2.75, 3.05) is 33.2 Å². The lowest BCUT2D eigenvalue weighted by Crippen LogP contribution is -2.35. The van der Waals surface area contributed by atoms with Crippen molar-refractivity contribution in [3.05, 3.63) is 0 Å². The lowest BCUT2D eigenvalue weighted by Gasteiger charge is -2.25. The SMILES string of the molecule is CNCC1(CN2CCCCCC2)CC1. The quantitative estimate of drug-likeness (QED) is 0.738. The van der Waals surface area contributed by atoms with Crippen molar-refractivity contribution >= 4 is 0 Å². The third-order valence-corrected chi connectivity index (χ3v) is 3.77. The van der Waals surface area contributed by atoms with Gasteiger partial charge in [0.25, 0.3) is 0 Å². The molecule has 1 saturated heterocycles. The van der Waals surface area contributed by atoms with E-state index in [1.54, 1.807) is 0 Å². The molecule has 0 atom stereocenters. The molecule has 82 valence electrons. The number of hydrogen-bond donors (Lipinski definition) is 1. The van der Waals surface area contributed by atoms with Gasteiger partial charge >= 0.3 is 0 Å². The normalized spacial score (nSPS) is 27.2. The molecule has 0 radical (unpaired) electrons. The largest absolute Gasteiger partial charge is 0.319 e. The Hall–Kier alpha value is -0.0800. The zero-order valence-corrected chi connectivity index (χ0v) is 9.52. The van der Waals surface area contributed by atoms with Gasteiger partial charge in [-0.15, -0.1) is 0 Å². The highest BCUT2D eigenvalue weighted by atomic mass is 15.1. The molecular formula is C12H24N2. The van der Waals surface area contributed by atoms with Gasteiger partial charge in [0.15, 0.2) is 0 Å². The average Bonchev–Trinajstić information content (AvgIpc) is 2.93. The molecule has 0 aromatic heterocycles. The van der Waals surface area contributed by atoms with Gasteiger partial charge in [0.05, 0.1) is 0 Å². The second-order valence-corrected chi connectivity index (χ2v) is 5.22. The van der Waals surface area contributed by atoms with Crippen LogP contribution in [0.25, 0.3) is 0 Å². The number of hydrogen-bond acceptors (Lipinski definition) is 2. The Morgan fingerprint density at radius 3 is 2.21 bits per heavy atom. The van der Waals surface area contributed by atoms with Gasteiger partial charge in [-0.2, -0.15) is 0 Å². The number of likely N-dealkylation sites (tertiary alicyclic amines) is 1. The van der Waals surface area contributed by atoms with E-state index in [9.17, 15) is 0 Å². The van der Waals surface area contributed by atoms with Crippen LogP contribution in [0.15, 0.2) is 0 Å². The highest BCUT2D eigenvalue weighted by molar-refractivity contribution is 4.97. The molecule has 0 spiro atoms. The molecule has 0 amide bonds. The monoisotopic (exact) mass is 196 g/mol. The summed E-state index contributed by atoms with van der Waals surface area (Å²) in [5.74, 6) is 0. The highest BCUT2D eigenvalue weighted by Gasteiger charge is 2.42. The number of nitrogens with one attached hydrogen (secondary N) is 1. The summed E-state index contributed by atoms with van der Waals surface area (Å²) in [5.41, 5.74) is 0.666. The topological polar surface area (TPSA) is 15.3 Å². The number of rotatable bonds is 4. The van der Waals surface area contributed by atoms with Crippen LogP contribution in [0.3, 0.4) is 0 Å². The minimum atomic E-state index is 0.666. The summed E-state index contributed by atoms with van der Waals surface area (Å²) in [5, 5.41) is 3.35. The minimum Gasteiger partial charge on any atom is -0.319 e. The summed E-state index contributed by atoms with van der Waals surface area (Å²) < 4.78 is 0. The van der Waals surface area contributed by atoms with Crippen molar-refractivity contribution < 1.29 is 0 Å². The van der Waals surface area contributed by atoms with E-state index in [-0.39, 0.29) is 0 Å². The molecule has 2 heteroatoms. The molecule has 1 aliphatic carbocycles. The predicted molar refractivity (Wildman–Crippen MR) is 60.5 cm³/mol. The van der Waals surface area contributed by atoms with Gasteiger partial charge in [-0.25, -0.2) is 0 Å². The van der Waals surface area contributed by atoms with Crippen molar-refractivity contribution in [3.63, 3.8) is 0 Å². The van der Waals surface area contributed by atoms with Crippen molar-refractivity contribution in [2.45, 2.75) is 38.5 Å². The van der Waals surface area contributed by atoms with Crippen molar-refractivity contribution in [3.8, 4) is 0 Å². The van der Waals surface area contributed by atoms with Crippen molar-refractivity contribution in [1.82, 2.24) is 10.2 Å². The van der Waals surface area contributed by atoms with Gasteiger partial charge in [0, 0.05) is 13.1 Å². The molecule has 2 aliphatic rings. The molecule has 1 saturated carbocycles. The molecule has 1 heterocycles. The lowest BCUT2D eigenvalue weighted by molar-refractivity contribution is 0.225. The Kier molecular flexibility index (Phi) is 3.45. The van der Waals surface area contributed by atoms with Crippen LogP contribution in [0.4, 0.5) is 0 Å². The molecule has 1 aliphatic heterocycles. The summed E-state index contributed by atoms with van der Waals surface area (Å²) in [6.45, 7) is 5.29. The molecule has 0 aromatic carbocycles. The maximum Gasteiger partial charge on any atom is 0.00501 e. The molecule has 2 rings (SSSR count). The zero-order chi connectivity index (χ0) is 9.86. The van der Waals surface area contributed by atoms with Crippen LogP contribution in [0.1, 0.15) is 38.5 Å². The summed E-state index contributed by atoms with van der Waals surface area (Å²) in [7, 11) is 2.09. The molecular weight excluding hydrogens is 172 g/mol. The first-order chi connectivity index (χ1) is 6.85. The first-order valence-corrected chi connectivity index (χ1v) is 6.22. The van der Waals surface area contributed by atoms with E-state index >= 15 is 0 Å². The van der Waals surface area contributed by atoms with Gasteiger partial charge in [0.2, 0.25) is 0 Å². The molecule has 0 unspecified atom stereocenters. The first kappa shape index (κ1) is 10.4.